The molecule has 0 aliphatic carbocycles. The molecule has 0 aromatic heterocycles. The van der Waals surface area contributed by atoms with E-state index < -0.39 is 15.8 Å². The van der Waals surface area contributed by atoms with Gasteiger partial charge in [-0.25, -0.2) is 17.5 Å². The summed E-state index contributed by atoms with van der Waals surface area (Å²) < 4.78 is 39.3. The Morgan fingerprint density at radius 2 is 2.06 bits per heavy atom. The predicted octanol–water partition coefficient (Wildman–Crippen LogP) is 2.39. The molecule has 0 radical (unpaired) electrons. The zero-order valence-electron chi connectivity index (χ0n) is 10.2. The zero-order valence-corrected chi connectivity index (χ0v) is 11.8. The number of nitrogens with two attached hydrogens (primary N) is 1. The summed E-state index contributed by atoms with van der Waals surface area (Å²) in [5.74, 6) is -0.359. The molecule has 0 fully saturated rings. The largest absolute Gasteiger partial charge is 0.396 e. The fraction of sp³-hybridized carbons (Fsp3) is 0.455. The fourth-order valence-electron chi connectivity index (χ4n) is 1.31. The molecule has 0 amide bonds. The van der Waals surface area contributed by atoms with Gasteiger partial charge in [0.1, 0.15) is 10.7 Å². The highest BCUT2D eigenvalue weighted by Crippen LogP contribution is 2.26. The van der Waals surface area contributed by atoms with Crippen LogP contribution in [0.3, 0.4) is 0 Å². The molecule has 0 saturated carbocycles. The smallest absolute Gasteiger partial charge is 0.242 e. The molecule has 1 aromatic carbocycles. The van der Waals surface area contributed by atoms with Crippen LogP contribution >= 0.6 is 11.6 Å². The summed E-state index contributed by atoms with van der Waals surface area (Å²) in [5.41, 5.74) is 5.09. The number of halogens is 2. The van der Waals surface area contributed by atoms with Gasteiger partial charge in [-0.2, -0.15) is 0 Å². The molecular formula is C11H16ClFN2O2S. The van der Waals surface area contributed by atoms with Crippen LogP contribution in [0.4, 0.5) is 10.1 Å². The highest BCUT2D eigenvalue weighted by Gasteiger charge is 2.19. The van der Waals surface area contributed by atoms with E-state index in [0.29, 0.717) is 18.9 Å². The lowest BCUT2D eigenvalue weighted by molar-refractivity contribution is 0.551. The van der Waals surface area contributed by atoms with Crippen molar-refractivity contribution in [2.45, 2.75) is 25.2 Å². The molecule has 102 valence electrons. The first-order valence-corrected chi connectivity index (χ1v) is 7.34. The number of sulfonamides is 1. The number of benzene rings is 1. The second-order valence-corrected chi connectivity index (χ2v) is 6.53. The van der Waals surface area contributed by atoms with E-state index in [9.17, 15) is 12.8 Å². The number of hydrogen-bond donors (Lipinski definition) is 2. The van der Waals surface area contributed by atoms with Crippen LogP contribution in [0.2, 0.25) is 5.02 Å². The topological polar surface area (TPSA) is 72.2 Å². The van der Waals surface area contributed by atoms with E-state index in [1.165, 1.54) is 0 Å². The van der Waals surface area contributed by atoms with Crippen LogP contribution in [0.25, 0.3) is 0 Å². The Labute approximate surface area is 111 Å². The van der Waals surface area contributed by atoms with Crippen molar-refractivity contribution in [2.75, 3.05) is 12.3 Å². The van der Waals surface area contributed by atoms with Crippen molar-refractivity contribution >= 4 is 27.3 Å². The highest BCUT2D eigenvalue weighted by molar-refractivity contribution is 7.89. The Morgan fingerprint density at radius 1 is 1.44 bits per heavy atom. The van der Waals surface area contributed by atoms with Crippen LogP contribution in [-0.2, 0) is 10.0 Å². The van der Waals surface area contributed by atoms with E-state index in [2.05, 4.69) is 4.72 Å². The van der Waals surface area contributed by atoms with Crippen molar-refractivity contribution in [2.24, 2.45) is 5.92 Å². The molecule has 0 atom stereocenters. The van der Waals surface area contributed by atoms with E-state index in [4.69, 9.17) is 17.3 Å². The zero-order chi connectivity index (χ0) is 13.9. The first-order chi connectivity index (χ1) is 8.24. The van der Waals surface area contributed by atoms with Gasteiger partial charge < -0.3 is 5.73 Å². The Balaban J connectivity index is 2.95. The third kappa shape index (κ3) is 3.83. The molecular weight excluding hydrogens is 279 g/mol. The summed E-state index contributed by atoms with van der Waals surface area (Å²) in [5, 5.41) is -0.182. The van der Waals surface area contributed by atoms with Gasteiger partial charge in [0.2, 0.25) is 10.0 Å². The number of nitrogens with one attached hydrogen (secondary N) is 1. The quantitative estimate of drug-likeness (QED) is 0.819. The summed E-state index contributed by atoms with van der Waals surface area (Å²) in [6, 6.07) is 1.92. The van der Waals surface area contributed by atoms with Crippen LogP contribution in [0, 0.1) is 11.7 Å². The Bertz CT molecular complexity index is 532. The van der Waals surface area contributed by atoms with Crippen LogP contribution in [0.1, 0.15) is 20.3 Å². The summed E-state index contributed by atoms with van der Waals surface area (Å²) in [6.45, 7) is 4.27. The molecule has 3 N–H and O–H groups in total. The summed E-state index contributed by atoms with van der Waals surface area (Å²) in [6.07, 6.45) is 0.702. The first-order valence-electron chi connectivity index (χ1n) is 5.48. The SMILES string of the molecule is CC(C)CCNS(=O)(=O)c1cc(N)c(F)cc1Cl. The molecule has 0 saturated heterocycles. The second-order valence-electron chi connectivity index (χ2n) is 4.38. The standard InChI is InChI=1S/C11H16ClFN2O2S/c1-7(2)3-4-15-18(16,17)11-6-10(14)9(13)5-8(11)12/h5-7,15H,3-4,14H2,1-2H3. The molecule has 1 rings (SSSR count). The highest BCUT2D eigenvalue weighted by atomic mass is 35.5. The molecule has 7 heteroatoms. The number of rotatable bonds is 5. The predicted molar refractivity (Wildman–Crippen MR) is 70.5 cm³/mol. The van der Waals surface area contributed by atoms with Gasteiger partial charge in [0.05, 0.1) is 10.7 Å². The fourth-order valence-corrected chi connectivity index (χ4v) is 2.91. The van der Waals surface area contributed by atoms with Gasteiger partial charge in [0.25, 0.3) is 0 Å². The Kier molecular flexibility index (Phi) is 4.95. The number of anilines is 1. The molecule has 0 heterocycles. The normalized spacial score (nSPS) is 12.1. The van der Waals surface area contributed by atoms with E-state index in [1.54, 1.807) is 0 Å². The molecule has 0 aliphatic rings. The molecule has 1 aromatic rings. The van der Waals surface area contributed by atoms with E-state index in [1.807, 2.05) is 13.8 Å². The van der Waals surface area contributed by atoms with Crippen molar-refractivity contribution < 1.29 is 12.8 Å². The monoisotopic (exact) mass is 294 g/mol. The lowest BCUT2D eigenvalue weighted by Crippen LogP contribution is -2.26. The van der Waals surface area contributed by atoms with Crippen molar-refractivity contribution in [3.63, 3.8) is 0 Å². The maximum atomic E-state index is 13.1. The van der Waals surface area contributed by atoms with Gasteiger partial charge in [-0.1, -0.05) is 25.4 Å². The van der Waals surface area contributed by atoms with Crippen molar-refractivity contribution in [3.05, 3.63) is 23.0 Å². The summed E-state index contributed by atoms with van der Waals surface area (Å²) in [4.78, 5) is -0.202. The maximum Gasteiger partial charge on any atom is 0.242 e. The van der Waals surface area contributed by atoms with Gasteiger partial charge in [-0.15, -0.1) is 0 Å². The number of hydrogen-bond acceptors (Lipinski definition) is 3. The van der Waals surface area contributed by atoms with Crippen LogP contribution in [0.15, 0.2) is 17.0 Å². The van der Waals surface area contributed by atoms with Gasteiger partial charge >= 0.3 is 0 Å². The van der Waals surface area contributed by atoms with Gasteiger partial charge in [-0.05, 0) is 24.5 Å². The van der Waals surface area contributed by atoms with Gasteiger partial charge in [0, 0.05) is 6.54 Å². The molecule has 4 nitrogen and oxygen atoms in total. The molecule has 0 bridgehead atoms. The third-order valence-electron chi connectivity index (χ3n) is 2.35. The lowest BCUT2D eigenvalue weighted by atomic mass is 10.1. The van der Waals surface area contributed by atoms with Crippen LogP contribution in [-0.4, -0.2) is 15.0 Å². The minimum atomic E-state index is -3.75. The lowest BCUT2D eigenvalue weighted by Gasteiger charge is -2.10. The van der Waals surface area contributed by atoms with Gasteiger partial charge in [-0.3, -0.25) is 0 Å². The third-order valence-corrected chi connectivity index (χ3v) is 4.28. The minimum Gasteiger partial charge on any atom is -0.396 e. The maximum absolute atomic E-state index is 13.1. The average molecular weight is 295 g/mol. The summed E-state index contributed by atoms with van der Waals surface area (Å²) >= 11 is 5.71. The minimum absolute atomic E-state index is 0.182. The molecule has 0 unspecified atom stereocenters. The number of nitrogen functional groups attached to an aromatic ring is 1. The molecule has 0 aliphatic heterocycles. The van der Waals surface area contributed by atoms with Gasteiger partial charge in [0.15, 0.2) is 0 Å². The van der Waals surface area contributed by atoms with Crippen molar-refractivity contribution in [3.8, 4) is 0 Å². The van der Waals surface area contributed by atoms with E-state index in [0.717, 1.165) is 12.1 Å². The van der Waals surface area contributed by atoms with Crippen LogP contribution in [0.5, 0.6) is 0 Å². The Hall–Kier alpha value is -0.850. The van der Waals surface area contributed by atoms with E-state index in [-0.39, 0.29) is 15.6 Å². The first kappa shape index (κ1) is 15.2. The van der Waals surface area contributed by atoms with Crippen molar-refractivity contribution in [1.82, 2.24) is 4.72 Å². The van der Waals surface area contributed by atoms with Crippen molar-refractivity contribution in [1.29, 1.82) is 0 Å². The summed E-state index contributed by atoms with van der Waals surface area (Å²) in [7, 11) is -3.75. The Morgan fingerprint density at radius 3 is 2.61 bits per heavy atom. The average Bonchev–Trinajstić information content (AvgIpc) is 2.22. The van der Waals surface area contributed by atoms with E-state index >= 15 is 0 Å². The molecule has 0 spiro atoms. The second kappa shape index (κ2) is 5.86. The molecule has 18 heavy (non-hydrogen) atoms. The van der Waals surface area contributed by atoms with Crippen LogP contribution < -0.4 is 10.5 Å².